The molecule has 2 amide bonds. The summed E-state index contributed by atoms with van der Waals surface area (Å²) in [6.45, 7) is 12.7. The van der Waals surface area contributed by atoms with Crippen molar-refractivity contribution in [2.24, 2.45) is 5.73 Å². The van der Waals surface area contributed by atoms with Crippen LogP contribution < -0.4 is 5.73 Å². The van der Waals surface area contributed by atoms with E-state index in [1.807, 2.05) is 34.6 Å². The first-order valence-electron chi connectivity index (χ1n) is 9.13. The maximum atomic E-state index is 13.2. The van der Waals surface area contributed by atoms with E-state index < -0.39 is 29.4 Å². The molecule has 3 N–H and O–H groups in total. The molecule has 0 saturated carbocycles. The number of rotatable bonds is 3. The van der Waals surface area contributed by atoms with Crippen molar-refractivity contribution in [3.8, 4) is 0 Å². The number of carbonyl (C=O) groups is 2. The van der Waals surface area contributed by atoms with Crippen LogP contribution in [0.15, 0.2) is 0 Å². The minimum absolute atomic E-state index is 0.0660. The Bertz CT molecular complexity index is 535. The average molecular weight is 355 g/mol. The number of nitrogens with zero attached hydrogens (tertiary/aromatic N) is 2. The smallest absolute Gasteiger partial charge is 0.411 e. The van der Waals surface area contributed by atoms with Gasteiger partial charge in [0.25, 0.3) is 5.91 Å². The highest BCUT2D eigenvalue weighted by molar-refractivity contribution is 5.98. The molecular formula is C18H33N3O4. The summed E-state index contributed by atoms with van der Waals surface area (Å²) in [6.07, 6.45) is 0.167. The summed E-state index contributed by atoms with van der Waals surface area (Å²) < 4.78 is 5.55. The van der Waals surface area contributed by atoms with Gasteiger partial charge in [0, 0.05) is 12.1 Å². The Labute approximate surface area is 150 Å². The lowest BCUT2D eigenvalue weighted by atomic mass is 9.75. The predicted molar refractivity (Wildman–Crippen MR) is 94.9 cm³/mol. The van der Waals surface area contributed by atoms with Gasteiger partial charge in [-0.05, 0) is 61.3 Å². The molecule has 7 heteroatoms. The molecule has 25 heavy (non-hydrogen) atoms. The van der Waals surface area contributed by atoms with E-state index in [0.29, 0.717) is 6.42 Å². The van der Waals surface area contributed by atoms with Gasteiger partial charge in [0.2, 0.25) is 0 Å². The van der Waals surface area contributed by atoms with Crippen LogP contribution in [0.3, 0.4) is 0 Å². The average Bonchev–Trinajstić information content (AvgIpc) is 2.81. The second kappa shape index (κ2) is 6.43. The van der Waals surface area contributed by atoms with Crippen LogP contribution >= 0.6 is 0 Å². The van der Waals surface area contributed by atoms with Gasteiger partial charge < -0.3 is 20.5 Å². The fourth-order valence-electron chi connectivity index (χ4n) is 4.41. The van der Waals surface area contributed by atoms with E-state index in [0.717, 1.165) is 6.42 Å². The molecule has 144 valence electrons. The predicted octanol–water partition coefficient (Wildman–Crippen LogP) is 1.47. The van der Waals surface area contributed by atoms with Crippen molar-refractivity contribution in [3.05, 3.63) is 0 Å². The number of likely N-dealkylation sites (tertiary alicyclic amines) is 2. The number of aliphatic hydroxyl groups excluding tert-OH is 1. The lowest BCUT2D eigenvalue weighted by Gasteiger charge is -2.60. The lowest BCUT2D eigenvalue weighted by Crippen LogP contribution is -2.82. The van der Waals surface area contributed by atoms with Crippen molar-refractivity contribution in [1.82, 2.24) is 9.80 Å². The van der Waals surface area contributed by atoms with Gasteiger partial charge in [0.1, 0.15) is 11.1 Å². The van der Waals surface area contributed by atoms with Crippen LogP contribution in [0, 0.1) is 0 Å². The molecule has 1 spiro atoms. The lowest BCUT2D eigenvalue weighted by molar-refractivity contribution is -0.183. The van der Waals surface area contributed by atoms with Gasteiger partial charge >= 0.3 is 6.09 Å². The quantitative estimate of drug-likeness (QED) is 0.748. The molecule has 2 saturated heterocycles. The zero-order valence-electron chi connectivity index (χ0n) is 16.4. The van der Waals surface area contributed by atoms with E-state index in [1.54, 1.807) is 23.6 Å². The summed E-state index contributed by atoms with van der Waals surface area (Å²) >= 11 is 0. The Hall–Kier alpha value is -1.34. The summed E-state index contributed by atoms with van der Waals surface area (Å²) in [5.41, 5.74) is 4.50. The fraction of sp³-hybridized carbons (Fsp3) is 0.889. The maximum Gasteiger partial charge on any atom is 0.411 e. The Morgan fingerprint density at radius 1 is 1.36 bits per heavy atom. The number of aliphatic hydroxyl groups is 1. The summed E-state index contributed by atoms with van der Waals surface area (Å²) in [5, 5.41) is 10.1. The standard InChI is InChI=1S/C18H33N3O4/c1-10-8-9-18(21(10)16(24)25-17(5,6)7)13(4)20(15(18)23)14(11(2)19)12(3)22/h10-14,22H,8-9,19H2,1-7H3/t10?,11?,12-,13?,14-,18?/m1/s1. The monoisotopic (exact) mass is 355 g/mol. The SMILES string of the molecule is CC(N)[C@H]([C@@H](C)O)N1C(=O)C2(CCC(C)N2C(=O)OC(C)(C)C)C1C. The van der Waals surface area contributed by atoms with Gasteiger partial charge in [0.05, 0.1) is 18.2 Å². The second-order valence-corrected chi connectivity index (χ2v) is 8.64. The molecule has 0 radical (unpaired) electrons. The van der Waals surface area contributed by atoms with Crippen LogP contribution in [0.4, 0.5) is 4.79 Å². The molecule has 0 aliphatic carbocycles. The molecule has 2 heterocycles. The first-order valence-corrected chi connectivity index (χ1v) is 9.13. The van der Waals surface area contributed by atoms with E-state index in [1.165, 1.54) is 0 Å². The molecule has 2 fully saturated rings. The van der Waals surface area contributed by atoms with Gasteiger partial charge in [0.15, 0.2) is 0 Å². The number of hydrogen-bond donors (Lipinski definition) is 2. The van der Waals surface area contributed by atoms with Gasteiger partial charge in [-0.1, -0.05) is 0 Å². The van der Waals surface area contributed by atoms with E-state index in [4.69, 9.17) is 10.5 Å². The molecular weight excluding hydrogens is 322 g/mol. The van der Waals surface area contributed by atoms with Crippen molar-refractivity contribution < 1.29 is 19.4 Å². The Balaban J connectivity index is 2.31. The van der Waals surface area contributed by atoms with Crippen LogP contribution in [0.1, 0.15) is 61.3 Å². The highest BCUT2D eigenvalue weighted by atomic mass is 16.6. The van der Waals surface area contributed by atoms with Crippen molar-refractivity contribution in [1.29, 1.82) is 0 Å². The molecule has 0 bridgehead atoms. The molecule has 2 aliphatic heterocycles. The van der Waals surface area contributed by atoms with E-state index in [9.17, 15) is 14.7 Å². The zero-order chi connectivity index (χ0) is 19.3. The molecule has 0 aromatic heterocycles. The van der Waals surface area contributed by atoms with E-state index >= 15 is 0 Å². The molecule has 2 aliphatic rings. The van der Waals surface area contributed by atoms with Crippen LogP contribution in [0.25, 0.3) is 0 Å². The normalized spacial score (nSPS) is 33.2. The van der Waals surface area contributed by atoms with Crippen molar-refractivity contribution in [3.63, 3.8) is 0 Å². The Morgan fingerprint density at radius 2 is 1.92 bits per heavy atom. The van der Waals surface area contributed by atoms with E-state index in [-0.39, 0.29) is 24.0 Å². The number of hydrogen-bond acceptors (Lipinski definition) is 5. The third kappa shape index (κ3) is 3.12. The fourth-order valence-corrected chi connectivity index (χ4v) is 4.41. The first kappa shape index (κ1) is 20.0. The van der Waals surface area contributed by atoms with Crippen molar-refractivity contribution in [2.75, 3.05) is 0 Å². The van der Waals surface area contributed by atoms with Crippen LogP contribution in [-0.4, -0.2) is 68.3 Å². The molecule has 7 nitrogen and oxygen atoms in total. The van der Waals surface area contributed by atoms with Crippen LogP contribution in [0.5, 0.6) is 0 Å². The summed E-state index contributed by atoms with van der Waals surface area (Å²) in [5.74, 6) is -0.140. The minimum atomic E-state index is -0.885. The highest BCUT2D eigenvalue weighted by Gasteiger charge is 2.68. The Kier molecular flexibility index (Phi) is 5.14. The van der Waals surface area contributed by atoms with Gasteiger partial charge in [-0.25, -0.2) is 4.79 Å². The maximum absolute atomic E-state index is 13.2. The van der Waals surface area contributed by atoms with Crippen molar-refractivity contribution in [2.45, 2.75) is 103 Å². The van der Waals surface area contributed by atoms with Crippen molar-refractivity contribution >= 4 is 12.0 Å². The Morgan fingerprint density at radius 3 is 2.32 bits per heavy atom. The summed E-state index contributed by atoms with van der Waals surface area (Å²) in [6, 6.07) is -1.12. The number of ether oxygens (including phenoxy) is 1. The molecule has 0 aromatic rings. The molecule has 4 unspecified atom stereocenters. The van der Waals surface area contributed by atoms with Gasteiger partial charge in [-0.15, -0.1) is 0 Å². The summed E-state index contributed by atoms with van der Waals surface area (Å²) in [4.78, 5) is 29.2. The second-order valence-electron chi connectivity index (χ2n) is 8.64. The number of β-lactam (4-membered cyclic amide) rings is 1. The largest absolute Gasteiger partial charge is 0.444 e. The number of carbonyl (C=O) groups excluding carboxylic acids is 2. The van der Waals surface area contributed by atoms with Gasteiger partial charge in [-0.3, -0.25) is 9.69 Å². The van der Waals surface area contributed by atoms with Crippen LogP contribution in [0.2, 0.25) is 0 Å². The molecule has 0 aromatic carbocycles. The first-order chi connectivity index (χ1) is 11.3. The zero-order valence-corrected chi connectivity index (χ0v) is 16.4. The summed E-state index contributed by atoms with van der Waals surface area (Å²) in [7, 11) is 0. The molecule has 6 atom stereocenters. The van der Waals surface area contributed by atoms with E-state index in [2.05, 4.69) is 0 Å². The van der Waals surface area contributed by atoms with Crippen LogP contribution in [-0.2, 0) is 9.53 Å². The number of amides is 2. The van der Waals surface area contributed by atoms with Gasteiger partial charge in [-0.2, -0.15) is 0 Å². The minimum Gasteiger partial charge on any atom is -0.444 e. The third-order valence-corrected chi connectivity index (χ3v) is 5.47. The molecule has 2 rings (SSSR count). The third-order valence-electron chi connectivity index (χ3n) is 5.47. The number of nitrogens with two attached hydrogens (primary N) is 1. The topological polar surface area (TPSA) is 96.1 Å². The highest BCUT2D eigenvalue weighted by Crippen LogP contribution is 2.48.